The number of nitrogens with zero attached hydrogens (tertiary/aromatic N) is 3. The minimum Gasteiger partial charge on any atom is -0.333 e. The average molecular weight is 361 g/mol. The zero-order chi connectivity index (χ0) is 19.0. The van der Waals surface area contributed by atoms with Gasteiger partial charge in [-0.25, -0.2) is 10.1 Å². The minimum absolute atomic E-state index is 0.0913. The zero-order valence-corrected chi connectivity index (χ0v) is 14.4. The van der Waals surface area contributed by atoms with Crippen molar-refractivity contribution in [3.8, 4) is 0 Å². The number of para-hydroxylation sites is 1. The van der Waals surface area contributed by atoms with E-state index in [1.54, 1.807) is 55.6 Å². The highest BCUT2D eigenvalue weighted by molar-refractivity contribution is 6.04. The Labute approximate surface area is 152 Å². The van der Waals surface area contributed by atoms with Gasteiger partial charge in [-0.15, -0.1) is 0 Å². The van der Waals surface area contributed by atoms with Gasteiger partial charge in [0.1, 0.15) is 5.82 Å². The molecule has 8 heteroatoms. The lowest BCUT2D eigenvalue weighted by Crippen LogP contribution is -2.30. The number of nitrogens with one attached hydrogen (secondary N) is 2. The highest BCUT2D eigenvalue weighted by Crippen LogP contribution is 2.15. The lowest BCUT2D eigenvalue weighted by atomic mass is 10.1. The van der Waals surface area contributed by atoms with Crippen molar-refractivity contribution in [3.63, 3.8) is 0 Å². The second-order valence-electron chi connectivity index (χ2n) is 6.14. The minimum atomic E-state index is -0.391. The summed E-state index contributed by atoms with van der Waals surface area (Å²) in [5, 5.41) is 7.61. The molecule has 2 aromatic heterocycles. The van der Waals surface area contributed by atoms with Gasteiger partial charge in [0.05, 0.1) is 22.8 Å². The van der Waals surface area contributed by atoms with Crippen LogP contribution in [-0.4, -0.2) is 38.0 Å². The summed E-state index contributed by atoms with van der Waals surface area (Å²) in [6.45, 7) is 0.0913. The summed E-state index contributed by atoms with van der Waals surface area (Å²) < 4.78 is 0. The van der Waals surface area contributed by atoms with E-state index in [9.17, 15) is 14.4 Å². The third-order valence-corrected chi connectivity index (χ3v) is 4.29. The Morgan fingerprint density at radius 1 is 0.963 bits per heavy atom. The smallest absolute Gasteiger partial charge is 0.275 e. The van der Waals surface area contributed by atoms with E-state index in [0.29, 0.717) is 27.5 Å². The first-order chi connectivity index (χ1) is 13.0. The summed E-state index contributed by atoms with van der Waals surface area (Å²) in [5.74, 6) is -0.0264. The van der Waals surface area contributed by atoms with E-state index in [1.807, 2.05) is 0 Å². The van der Waals surface area contributed by atoms with Crippen molar-refractivity contribution in [3.05, 3.63) is 80.8 Å². The Bertz CT molecular complexity index is 1290. The molecule has 0 fully saturated rings. The largest absolute Gasteiger partial charge is 0.333 e. The molecule has 27 heavy (non-hydrogen) atoms. The number of carbonyl (C=O) groups excluding carboxylic acids is 1. The maximum Gasteiger partial charge on any atom is 0.275 e. The van der Waals surface area contributed by atoms with E-state index >= 15 is 0 Å². The highest BCUT2D eigenvalue weighted by atomic mass is 16.2. The van der Waals surface area contributed by atoms with E-state index < -0.39 is 5.91 Å². The first kappa shape index (κ1) is 16.6. The van der Waals surface area contributed by atoms with Gasteiger partial charge >= 0.3 is 0 Å². The van der Waals surface area contributed by atoms with Gasteiger partial charge in [0.25, 0.3) is 17.0 Å². The normalized spacial score (nSPS) is 11.0. The zero-order valence-electron chi connectivity index (χ0n) is 14.4. The van der Waals surface area contributed by atoms with E-state index in [0.717, 1.165) is 0 Å². The molecule has 0 spiro atoms. The van der Waals surface area contributed by atoms with Gasteiger partial charge in [-0.2, -0.15) is 5.10 Å². The van der Waals surface area contributed by atoms with Crippen molar-refractivity contribution >= 4 is 27.6 Å². The molecular weight excluding hydrogens is 346 g/mol. The molecule has 0 aliphatic rings. The molecule has 2 heterocycles. The van der Waals surface area contributed by atoms with Gasteiger partial charge in [0.2, 0.25) is 0 Å². The van der Waals surface area contributed by atoms with Gasteiger partial charge in [-0.3, -0.25) is 14.4 Å². The maximum absolute atomic E-state index is 12.8. The number of H-pyrrole nitrogens is 2. The van der Waals surface area contributed by atoms with Crippen LogP contribution < -0.4 is 11.1 Å². The number of aromatic amines is 2. The van der Waals surface area contributed by atoms with Crippen molar-refractivity contribution in [1.82, 2.24) is 25.1 Å². The first-order valence-electron chi connectivity index (χ1n) is 8.25. The molecule has 0 atom stereocenters. The molecule has 4 rings (SSSR count). The van der Waals surface area contributed by atoms with Crippen LogP contribution in [-0.2, 0) is 6.54 Å². The summed E-state index contributed by atoms with van der Waals surface area (Å²) in [7, 11) is 1.58. The Balaban J connectivity index is 1.69. The number of aromatic nitrogens is 4. The number of rotatable bonds is 3. The van der Waals surface area contributed by atoms with Crippen LogP contribution in [0.3, 0.4) is 0 Å². The van der Waals surface area contributed by atoms with Crippen molar-refractivity contribution < 1.29 is 4.79 Å². The third kappa shape index (κ3) is 2.97. The van der Waals surface area contributed by atoms with Crippen LogP contribution in [0.4, 0.5) is 0 Å². The van der Waals surface area contributed by atoms with Crippen molar-refractivity contribution in [2.24, 2.45) is 0 Å². The molecule has 8 nitrogen and oxygen atoms in total. The van der Waals surface area contributed by atoms with Crippen LogP contribution >= 0.6 is 0 Å². The Kier molecular flexibility index (Phi) is 4.00. The molecule has 2 N–H and O–H groups in total. The second-order valence-corrected chi connectivity index (χ2v) is 6.14. The predicted octanol–water partition coefficient (Wildman–Crippen LogP) is 1.43. The molecule has 0 bridgehead atoms. The molecule has 134 valence electrons. The van der Waals surface area contributed by atoms with Gasteiger partial charge in [0.15, 0.2) is 5.69 Å². The summed E-state index contributed by atoms with van der Waals surface area (Å²) >= 11 is 0. The summed E-state index contributed by atoms with van der Waals surface area (Å²) in [6.07, 6.45) is 0. The van der Waals surface area contributed by atoms with Crippen LogP contribution in [0, 0.1) is 0 Å². The number of amides is 1. The standard InChI is InChI=1S/C19H15N5O3/c1-24(10-15-20-14-9-5-4-8-13(14)17(25)21-15)19(27)16-11-6-2-3-7-12(11)18(26)23-22-16/h2-9H,10H2,1H3,(H,23,26)(H,20,21,25). The number of hydrogen-bond acceptors (Lipinski definition) is 5. The monoisotopic (exact) mass is 361 g/mol. The van der Waals surface area contributed by atoms with E-state index in [4.69, 9.17) is 0 Å². The Hall–Kier alpha value is -3.81. The van der Waals surface area contributed by atoms with E-state index in [1.165, 1.54) is 4.90 Å². The van der Waals surface area contributed by atoms with Gasteiger partial charge in [-0.05, 0) is 18.2 Å². The van der Waals surface area contributed by atoms with E-state index in [2.05, 4.69) is 20.2 Å². The van der Waals surface area contributed by atoms with Crippen molar-refractivity contribution in [1.29, 1.82) is 0 Å². The molecule has 0 unspecified atom stereocenters. The third-order valence-electron chi connectivity index (χ3n) is 4.29. The fraction of sp³-hybridized carbons (Fsp3) is 0.105. The van der Waals surface area contributed by atoms with E-state index in [-0.39, 0.29) is 23.4 Å². The molecule has 0 saturated carbocycles. The molecular formula is C19H15N5O3. The number of fused-ring (bicyclic) bond motifs is 2. The van der Waals surface area contributed by atoms with Crippen molar-refractivity contribution in [2.45, 2.75) is 6.54 Å². The van der Waals surface area contributed by atoms with Crippen LogP contribution in [0.5, 0.6) is 0 Å². The first-order valence-corrected chi connectivity index (χ1v) is 8.25. The maximum atomic E-state index is 12.8. The molecule has 2 aromatic carbocycles. The highest BCUT2D eigenvalue weighted by Gasteiger charge is 2.19. The molecule has 4 aromatic rings. The molecule has 1 amide bonds. The summed E-state index contributed by atoms with van der Waals surface area (Å²) in [4.78, 5) is 45.4. The topological polar surface area (TPSA) is 112 Å². The Morgan fingerprint density at radius 3 is 2.41 bits per heavy atom. The lowest BCUT2D eigenvalue weighted by Gasteiger charge is -2.17. The van der Waals surface area contributed by atoms with Crippen LogP contribution in [0.15, 0.2) is 58.1 Å². The SMILES string of the molecule is CN(Cc1nc2ccccc2c(=O)[nH]1)C(=O)c1n[nH]c(=O)c2ccccc12. The van der Waals surface area contributed by atoms with Gasteiger partial charge in [-0.1, -0.05) is 30.3 Å². The second kappa shape index (κ2) is 6.49. The summed E-state index contributed by atoms with van der Waals surface area (Å²) in [5.41, 5.74) is 0.0787. The van der Waals surface area contributed by atoms with Crippen LogP contribution in [0.2, 0.25) is 0 Å². The number of carbonyl (C=O) groups is 1. The summed E-state index contributed by atoms with van der Waals surface area (Å²) in [6, 6.07) is 13.8. The van der Waals surface area contributed by atoms with Crippen LogP contribution in [0.25, 0.3) is 21.7 Å². The van der Waals surface area contributed by atoms with Crippen molar-refractivity contribution in [2.75, 3.05) is 7.05 Å². The molecule has 0 aliphatic heterocycles. The quantitative estimate of drug-likeness (QED) is 0.573. The van der Waals surface area contributed by atoms with Gasteiger partial charge in [0, 0.05) is 12.4 Å². The molecule has 0 aliphatic carbocycles. The fourth-order valence-corrected chi connectivity index (χ4v) is 2.96. The Morgan fingerprint density at radius 2 is 1.63 bits per heavy atom. The molecule has 0 saturated heterocycles. The number of benzene rings is 2. The van der Waals surface area contributed by atoms with Crippen LogP contribution in [0.1, 0.15) is 16.3 Å². The lowest BCUT2D eigenvalue weighted by molar-refractivity contribution is 0.0776. The number of hydrogen-bond donors (Lipinski definition) is 2. The average Bonchev–Trinajstić information content (AvgIpc) is 2.68. The molecule has 0 radical (unpaired) electrons. The van der Waals surface area contributed by atoms with Gasteiger partial charge < -0.3 is 9.88 Å². The predicted molar refractivity (Wildman–Crippen MR) is 101 cm³/mol. The fourth-order valence-electron chi connectivity index (χ4n) is 2.96.